The van der Waals surface area contributed by atoms with Crippen molar-refractivity contribution in [2.24, 2.45) is 0 Å². The molecule has 1 aromatic rings. The molecule has 0 unspecified atom stereocenters. The number of hydrogen-bond donors (Lipinski definition) is 1. The number of nitrogens with zero attached hydrogens (tertiary/aromatic N) is 2. The van der Waals surface area contributed by atoms with Gasteiger partial charge in [-0.3, -0.25) is 4.55 Å². The molecule has 0 aliphatic heterocycles. The van der Waals surface area contributed by atoms with Gasteiger partial charge < -0.3 is 2.85 Å². The van der Waals surface area contributed by atoms with E-state index in [0.29, 0.717) is 0 Å². The molecule has 1 N–H and O–H groups in total. The molecule has 0 fully saturated rings. The van der Waals surface area contributed by atoms with Gasteiger partial charge in [0.05, 0.1) is 6.20 Å². The van der Waals surface area contributed by atoms with E-state index < -0.39 is 15.0 Å². The maximum absolute atomic E-state index is 10.5. The maximum atomic E-state index is 10.5. The molecule has 64 valence electrons. The topological polar surface area (TPSA) is 80.2 Å². The molecule has 1 rings (SSSR count). The zero-order chi connectivity index (χ0) is 8.48. The maximum Gasteiger partial charge on any atom is 2.00 e. The van der Waals surface area contributed by atoms with Crippen LogP contribution in [0.2, 0.25) is 5.15 Å². The first-order valence-corrected chi connectivity index (χ1v) is 4.28. The number of hydrogen-bond acceptors (Lipinski definition) is 4. The van der Waals surface area contributed by atoms with Crippen LogP contribution in [-0.4, -0.2) is 60.9 Å². The molecule has 0 atom stereocenters. The van der Waals surface area contributed by atoms with Crippen LogP contribution in [0.3, 0.4) is 0 Å². The minimum Gasteiger partial charge on any atom is -1.00 e. The summed E-state index contributed by atoms with van der Waals surface area (Å²) in [4.78, 5) is -0.436. The Balaban J connectivity index is -0.000000403. The second-order valence-corrected chi connectivity index (χ2v) is 3.41. The van der Waals surface area contributed by atoms with Crippen molar-refractivity contribution in [2.75, 3.05) is 0 Å². The van der Waals surface area contributed by atoms with Gasteiger partial charge in [0.1, 0.15) is 4.90 Å². The monoisotopic (exact) mass is 236 g/mol. The molecule has 0 bridgehead atoms. The van der Waals surface area contributed by atoms with Crippen molar-refractivity contribution >= 4 is 59.5 Å². The molecule has 0 spiro atoms. The van der Waals surface area contributed by atoms with E-state index in [1.807, 2.05) is 0 Å². The molecule has 12 heavy (non-hydrogen) atoms. The van der Waals surface area contributed by atoms with Crippen LogP contribution in [0.15, 0.2) is 17.2 Å². The van der Waals surface area contributed by atoms with Crippen molar-refractivity contribution in [3.05, 3.63) is 17.4 Å². The van der Waals surface area contributed by atoms with E-state index in [9.17, 15) is 8.42 Å². The fourth-order valence-electron chi connectivity index (χ4n) is 0.496. The smallest absolute Gasteiger partial charge is 1.00 e. The molecule has 0 radical (unpaired) electrons. The quantitative estimate of drug-likeness (QED) is 0.557. The van der Waals surface area contributed by atoms with Gasteiger partial charge in [0, 0.05) is 0 Å². The van der Waals surface area contributed by atoms with E-state index in [4.69, 9.17) is 16.2 Å². The summed E-state index contributed by atoms with van der Waals surface area (Å²) in [7, 11) is -4.27. The van der Waals surface area contributed by atoms with Gasteiger partial charge in [-0.1, -0.05) is 11.6 Å². The van der Waals surface area contributed by atoms with Crippen LogP contribution < -0.4 is 0 Å². The van der Waals surface area contributed by atoms with Gasteiger partial charge in [-0.05, 0) is 6.07 Å². The first-order valence-electron chi connectivity index (χ1n) is 2.46. The van der Waals surface area contributed by atoms with Gasteiger partial charge in [-0.15, -0.1) is 5.10 Å². The Labute approximate surface area is 107 Å². The zero-order valence-electron chi connectivity index (χ0n) is 7.81. The number of halogens is 1. The molecule has 0 amide bonds. The van der Waals surface area contributed by atoms with Crippen molar-refractivity contribution in [3.63, 3.8) is 0 Å². The molecule has 1 aromatic heterocycles. The largest absolute Gasteiger partial charge is 2.00 e. The third-order valence-electron chi connectivity index (χ3n) is 0.919. The molecule has 0 saturated carbocycles. The van der Waals surface area contributed by atoms with Crippen LogP contribution in [0.25, 0.3) is 0 Å². The summed E-state index contributed by atoms with van der Waals surface area (Å²) in [6.45, 7) is 0. The van der Waals surface area contributed by atoms with Crippen LogP contribution in [-0.2, 0) is 10.1 Å². The van der Waals surface area contributed by atoms with Crippen molar-refractivity contribution in [1.82, 2.24) is 10.2 Å². The van der Waals surface area contributed by atoms with E-state index in [-0.39, 0.29) is 45.7 Å². The zero-order valence-corrected chi connectivity index (χ0v) is 9.59. The fraction of sp³-hybridized carbons (Fsp3) is 0. The Morgan fingerprint density at radius 2 is 2.17 bits per heavy atom. The van der Waals surface area contributed by atoms with Gasteiger partial charge >= 0.3 is 37.7 Å². The standard InChI is InChI=1S/C4H3ClN2O3S.Ca.2H/c5-4-3(11(8,9)10)1-2-6-7-4;;;/h1-2H,(H,8,9,10);;;/q;+2;2*-1. The van der Waals surface area contributed by atoms with Crippen molar-refractivity contribution in [2.45, 2.75) is 4.90 Å². The SMILES string of the molecule is O=S(=O)(O)c1ccnnc1Cl.[Ca+2].[H-].[H-]. The van der Waals surface area contributed by atoms with Crippen LogP contribution in [0, 0.1) is 0 Å². The number of rotatable bonds is 1. The molecule has 0 aromatic carbocycles. The first kappa shape index (κ1) is 12.5. The summed E-state index contributed by atoms with van der Waals surface area (Å²) in [5.41, 5.74) is 0. The van der Waals surface area contributed by atoms with Crippen molar-refractivity contribution < 1.29 is 15.8 Å². The Morgan fingerprint density at radius 1 is 1.58 bits per heavy atom. The van der Waals surface area contributed by atoms with E-state index in [1.54, 1.807) is 0 Å². The third kappa shape index (κ3) is 3.12. The fourth-order valence-corrected chi connectivity index (χ4v) is 1.38. The second-order valence-electron chi connectivity index (χ2n) is 1.66. The normalized spacial score (nSPS) is 10.5. The Kier molecular flexibility index (Phi) is 4.90. The van der Waals surface area contributed by atoms with Crippen LogP contribution in [0.1, 0.15) is 2.85 Å². The Morgan fingerprint density at radius 3 is 2.50 bits per heavy atom. The summed E-state index contributed by atoms with van der Waals surface area (Å²) in [5.74, 6) is 0. The minimum atomic E-state index is -4.27. The van der Waals surface area contributed by atoms with Gasteiger partial charge in [0.2, 0.25) is 0 Å². The Bertz CT molecular complexity index is 377. The van der Waals surface area contributed by atoms with Gasteiger partial charge in [-0.25, -0.2) is 0 Å². The Hall–Kier alpha value is 0.540. The van der Waals surface area contributed by atoms with Crippen LogP contribution in [0.5, 0.6) is 0 Å². The molecule has 5 nitrogen and oxygen atoms in total. The summed E-state index contributed by atoms with van der Waals surface area (Å²) in [6, 6.07) is 1.06. The van der Waals surface area contributed by atoms with E-state index >= 15 is 0 Å². The van der Waals surface area contributed by atoms with Crippen LogP contribution >= 0.6 is 11.6 Å². The predicted octanol–water partition coefficient (Wildman–Crippen LogP) is 0.221. The van der Waals surface area contributed by atoms with Crippen LogP contribution in [0.4, 0.5) is 0 Å². The molecule has 1 heterocycles. The molecule has 0 aliphatic carbocycles. The van der Waals surface area contributed by atoms with E-state index in [1.165, 1.54) is 0 Å². The van der Waals surface area contributed by atoms with E-state index in [0.717, 1.165) is 12.3 Å². The third-order valence-corrected chi connectivity index (χ3v) is 2.20. The molecular weight excluding hydrogens is 232 g/mol. The average Bonchev–Trinajstić information content (AvgIpc) is 1.86. The van der Waals surface area contributed by atoms with Gasteiger partial charge in [0.15, 0.2) is 5.15 Å². The second kappa shape index (κ2) is 4.69. The molecular formula is C4H5CaClN2O3S. The van der Waals surface area contributed by atoms with E-state index in [2.05, 4.69) is 10.2 Å². The van der Waals surface area contributed by atoms with Gasteiger partial charge in [-0.2, -0.15) is 13.5 Å². The minimum absolute atomic E-state index is 0. The summed E-state index contributed by atoms with van der Waals surface area (Å²) in [5, 5.41) is 6.18. The number of aromatic nitrogens is 2. The first-order chi connectivity index (χ1) is 5.02. The predicted molar refractivity (Wildman–Crippen MR) is 44.8 cm³/mol. The molecule has 0 aliphatic rings. The van der Waals surface area contributed by atoms with Crippen molar-refractivity contribution in [3.8, 4) is 0 Å². The summed E-state index contributed by atoms with van der Waals surface area (Å²) >= 11 is 5.30. The molecule has 8 heteroatoms. The van der Waals surface area contributed by atoms with Gasteiger partial charge in [0.25, 0.3) is 10.1 Å². The summed E-state index contributed by atoms with van der Waals surface area (Å²) < 4.78 is 29.4. The van der Waals surface area contributed by atoms with Crippen molar-refractivity contribution in [1.29, 1.82) is 0 Å². The molecule has 0 saturated heterocycles. The summed E-state index contributed by atoms with van der Waals surface area (Å²) in [6.07, 6.45) is 1.12. The average molecular weight is 237 g/mol.